The lowest BCUT2D eigenvalue weighted by molar-refractivity contribution is 0.658. The van der Waals surface area contributed by atoms with Crippen molar-refractivity contribution in [3.63, 3.8) is 0 Å². The fourth-order valence-corrected chi connectivity index (χ4v) is 2.32. The van der Waals surface area contributed by atoms with Gasteiger partial charge in [0, 0.05) is 5.56 Å². The number of aromatic nitrogens is 2. The number of fused-ring (bicyclic) bond motifs is 1. The Morgan fingerprint density at radius 3 is 2.79 bits per heavy atom. The highest BCUT2D eigenvalue weighted by atomic mass is 15.0. The molecular weight excluding hydrogens is 234 g/mol. The highest BCUT2D eigenvalue weighted by Gasteiger charge is 2.10. The number of H-pyrrole nitrogens is 1. The number of aromatic amines is 1. The quantitative estimate of drug-likeness (QED) is 0.746. The van der Waals surface area contributed by atoms with Crippen molar-refractivity contribution in [1.29, 1.82) is 0 Å². The van der Waals surface area contributed by atoms with Crippen molar-refractivity contribution < 1.29 is 0 Å². The molecule has 1 heterocycles. The third kappa shape index (κ3) is 2.13. The van der Waals surface area contributed by atoms with E-state index in [-0.39, 0.29) is 6.04 Å². The molecule has 19 heavy (non-hydrogen) atoms. The van der Waals surface area contributed by atoms with Crippen molar-refractivity contribution >= 4 is 10.8 Å². The number of hydrogen-bond donors (Lipinski definition) is 2. The number of nitrogens with two attached hydrogens (primary N) is 1. The summed E-state index contributed by atoms with van der Waals surface area (Å²) in [6.07, 6.45) is 2.75. The normalized spacial score (nSPS) is 12.7. The Bertz CT molecular complexity index is 695. The molecule has 0 aliphatic rings. The number of hydrogen-bond acceptors (Lipinski definition) is 2. The van der Waals surface area contributed by atoms with Crippen LogP contribution in [0.15, 0.2) is 48.7 Å². The van der Waals surface area contributed by atoms with Crippen LogP contribution in [0.4, 0.5) is 0 Å². The average molecular weight is 251 g/mol. The molecule has 1 atom stereocenters. The number of nitrogens with one attached hydrogen (secondary N) is 1. The predicted molar refractivity (Wildman–Crippen MR) is 78.7 cm³/mol. The molecule has 3 rings (SSSR count). The van der Waals surface area contributed by atoms with Crippen LogP contribution in [-0.2, 0) is 0 Å². The lowest BCUT2D eigenvalue weighted by atomic mass is 10.0. The van der Waals surface area contributed by atoms with Crippen LogP contribution in [0.5, 0.6) is 0 Å². The largest absolute Gasteiger partial charge is 0.341 e. The summed E-state index contributed by atoms with van der Waals surface area (Å²) < 4.78 is 0. The Hall–Kier alpha value is -2.13. The van der Waals surface area contributed by atoms with E-state index in [9.17, 15) is 0 Å². The van der Waals surface area contributed by atoms with Crippen molar-refractivity contribution in [2.45, 2.75) is 19.4 Å². The molecule has 3 nitrogen and oxygen atoms in total. The van der Waals surface area contributed by atoms with Gasteiger partial charge in [0.2, 0.25) is 0 Å². The van der Waals surface area contributed by atoms with E-state index in [0.717, 1.165) is 17.9 Å². The highest BCUT2D eigenvalue weighted by molar-refractivity contribution is 5.95. The lowest BCUT2D eigenvalue weighted by Gasteiger charge is -2.05. The average Bonchev–Trinajstić information content (AvgIpc) is 2.95. The van der Waals surface area contributed by atoms with Crippen molar-refractivity contribution in [3.05, 3.63) is 54.5 Å². The Morgan fingerprint density at radius 1 is 1.16 bits per heavy atom. The minimum Gasteiger partial charge on any atom is -0.341 e. The summed E-state index contributed by atoms with van der Waals surface area (Å²) in [4.78, 5) is 7.73. The van der Waals surface area contributed by atoms with E-state index in [1.165, 1.54) is 16.3 Å². The first-order chi connectivity index (χ1) is 9.29. The van der Waals surface area contributed by atoms with E-state index >= 15 is 0 Å². The molecule has 1 aromatic heterocycles. The number of nitrogens with zero attached hydrogens (tertiary/aromatic N) is 1. The third-order valence-electron chi connectivity index (χ3n) is 3.47. The number of imidazole rings is 1. The van der Waals surface area contributed by atoms with Crippen LogP contribution in [0.3, 0.4) is 0 Å². The van der Waals surface area contributed by atoms with E-state index < -0.39 is 0 Å². The van der Waals surface area contributed by atoms with Gasteiger partial charge in [-0.3, -0.25) is 0 Å². The molecule has 1 unspecified atom stereocenters. The molecule has 0 saturated heterocycles. The molecule has 0 radical (unpaired) electrons. The first-order valence-corrected chi connectivity index (χ1v) is 6.58. The van der Waals surface area contributed by atoms with Crippen LogP contribution in [0.1, 0.15) is 25.2 Å². The maximum Gasteiger partial charge on any atom is 0.123 e. The zero-order valence-electron chi connectivity index (χ0n) is 10.9. The van der Waals surface area contributed by atoms with Gasteiger partial charge in [0.1, 0.15) is 5.82 Å². The summed E-state index contributed by atoms with van der Waals surface area (Å²) in [5.41, 5.74) is 8.20. The summed E-state index contributed by atoms with van der Waals surface area (Å²) in [5, 5.41) is 2.46. The summed E-state index contributed by atoms with van der Waals surface area (Å²) in [6, 6.07) is 14.6. The smallest absolute Gasteiger partial charge is 0.123 e. The zero-order chi connectivity index (χ0) is 13.2. The zero-order valence-corrected chi connectivity index (χ0v) is 10.9. The Labute approximate surface area is 112 Å². The molecule has 3 N–H and O–H groups in total. The van der Waals surface area contributed by atoms with Crippen molar-refractivity contribution in [3.8, 4) is 11.3 Å². The number of benzene rings is 2. The fraction of sp³-hybridized carbons (Fsp3) is 0.188. The van der Waals surface area contributed by atoms with Crippen LogP contribution in [-0.4, -0.2) is 9.97 Å². The second-order valence-corrected chi connectivity index (χ2v) is 4.72. The molecule has 0 aliphatic carbocycles. The Kier molecular flexibility index (Phi) is 3.05. The first kappa shape index (κ1) is 11.9. The fourth-order valence-electron chi connectivity index (χ4n) is 2.32. The van der Waals surface area contributed by atoms with Crippen molar-refractivity contribution in [2.75, 3.05) is 0 Å². The molecule has 0 fully saturated rings. The second-order valence-electron chi connectivity index (χ2n) is 4.72. The van der Waals surface area contributed by atoms with Gasteiger partial charge in [-0.2, -0.15) is 0 Å². The van der Waals surface area contributed by atoms with Gasteiger partial charge in [-0.15, -0.1) is 0 Å². The SMILES string of the molecule is CCC(N)c1ncc(-c2cccc3ccccc23)[nH]1. The monoisotopic (exact) mass is 251 g/mol. The van der Waals surface area contributed by atoms with E-state index in [1.807, 2.05) is 6.20 Å². The van der Waals surface area contributed by atoms with Crippen molar-refractivity contribution in [1.82, 2.24) is 9.97 Å². The number of rotatable bonds is 3. The van der Waals surface area contributed by atoms with Gasteiger partial charge in [0.15, 0.2) is 0 Å². The molecule has 0 spiro atoms. The maximum absolute atomic E-state index is 6.00. The van der Waals surface area contributed by atoms with Gasteiger partial charge < -0.3 is 10.7 Å². The summed E-state index contributed by atoms with van der Waals surface area (Å²) >= 11 is 0. The van der Waals surface area contributed by atoms with E-state index in [2.05, 4.69) is 59.4 Å². The molecule has 96 valence electrons. The van der Waals surface area contributed by atoms with Crippen LogP contribution >= 0.6 is 0 Å². The van der Waals surface area contributed by atoms with Crippen LogP contribution in [0.25, 0.3) is 22.0 Å². The van der Waals surface area contributed by atoms with Gasteiger partial charge in [0.25, 0.3) is 0 Å². The minimum atomic E-state index is -0.0243. The standard InChI is InChI=1S/C16H17N3/c1-2-14(17)16-18-10-15(19-16)13-9-5-7-11-6-3-4-8-12(11)13/h3-10,14H,2,17H2,1H3,(H,18,19). The van der Waals surface area contributed by atoms with Gasteiger partial charge in [-0.05, 0) is 17.2 Å². The molecule has 3 heteroatoms. The van der Waals surface area contributed by atoms with E-state index in [0.29, 0.717) is 0 Å². The van der Waals surface area contributed by atoms with Crippen LogP contribution in [0.2, 0.25) is 0 Å². The molecular formula is C16H17N3. The van der Waals surface area contributed by atoms with E-state index in [1.54, 1.807) is 0 Å². The Morgan fingerprint density at radius 2 is 1.95 bits per heavy atom. The van der Waals surface area contributed by atoms with Gasteiger partial charge in [0.05, 0.1) is 17.9 Å². The third-order valence-corrected chi connectivity index (χ3v) is 3.47. The molecule has 0 amide bonds. The molecule has 3 aromatic rings. The first-order valence-electron chi connectivity index (χ1n) is 6.58. The second kappa shape index (κ2) is 4.86. The van der Waals surface area contributed by atoms with Crippen molar-refractivity contribution in [2.24, 2.45) is 5.73 Å². The summed E-state index contributed by atoms with van der Waals surface area (Å²) in [7, 11) is 0. The topological polar surface area (TPSA) is 54.7 Å². The van der Waals surface area contributed by atoms with E-state index in [4.69, 9.17) is 5.73 Å². The Balaban J connectivity index is 2.12. The highest BCUT2D eigenvalue weighted by Crippen LogP contribution is 2.27. The van der Waals surface area contributed by atoms with Crippen LogP contribution in [0, 0.1) is 0 Å². The lowest BCUT2D eigenvalue weighted by Crippen LogP contribution is -2.10. The summed E-state index contributed by atoms with van der Waals surface area (Å²) in [6.45, 7) is 2.06. The molecule has 0 aliphatic heterocycles. The summed E-state index contributed by atoms with van der Waals surface area (Å²) in [5.74, 6) is 0.852. The predicted octanol–water partition coefficient (Wildman–Crippen LogP) is 3.64. The van der Waals surface area contributed by atoms with Gasteiger partial charge >= 0.3 is 0 Å². The van der Waals surface area contributed by atoms with Gasteiger partial charge in [-0.25, -0.2) is 4.98 Å². The molecule has 2 aromatic carbocycles. The van der Waals surface area contributed by atoms with Crippen LogP contribution < -0.4 is 5.73 Å². The molecule has 0 saturated carbocycles. The maximum atomic E-state index is 6.00. The van der Waals surface area contributed by atoms with Gasteiger partial charge in [-0.1, -0.05) is 49.4 Å². The molecule has 0 bridgehead atoms. The minimum absolute atomic E-state index is 0.0243.